The van der Waals surface area contributed by atoms with Crippen molar-refractivity contribution in [2.24, 2.45) is 0 Å². The van der Waals surface area contributed by atoms with Crippen LogP contribution in [0.15, 0.2) is 134 Å². The summed E-state index contributed by atoms with van der Waals surface area (Å²) in [6.45, 7) is 6.48. The lowest BCUT2D eigenvalue weighted by Crippen LogP contribution is -2.30. The Balaban J connectivity index is 4.47. The first kappa shape index (κ1) is 76.5. The molecule has 0 aromatic rings. The number of carbonyl (C=O) groups excluding carboxylic acids is 3. The summed E-state index contributed by atoms with van der Waals surface area (Å²) in [6.07, 6.45) is 96.1. The lowest BCUT2D eigenvalue weighted by Gasteiger charge is -2.18. The zero-order valence-corrected chi connectivity index (χ0v) is 52.8. The number of esters is 3. The van der Waals surface area contributed by atoms with E-state index in [0.717, 1.165) is 116 Å². The third-order valence-electron chi connectivity index (χ3n) is 14.1. The highest BCUT2D eigenvalue weighted by molar-refractivity contribution is 5.71. The zero-order chi connectivity index (χ0) is 58.5. The number of allylic oxidation sites excluding steroid dienone is 22. The largest absolute Gasteiger partial charge is 0.462 e. The first-order chi connectivity index (χ1) is 40.0. The van der Waals surface area contributed by atoms with Crippen molar-refractivity contribution in [3.63, 3.8) is 0 Å². The summed E-state index contributed by atoms with van der Waals surface area (Å²) in [4.78, 5) is 38.4. The summed E-state index contributed by atoms with van der Waals surface area (Å²) >= 11 is 0. The van der Waals surface area contributed by atoms with Gasteiger partial charge in [0.2, 0.25) is 0 Å². The van der Waals surface area contributed by atoms with Crippen LogP contribution in [0.25, 0.3) is 0 Å². The molecule has 0 N–H and O–H groups in total. The molecule has 6 heteroatoms. The van der Waals surface area contributed by atoms with Crippen LogP contribution in [0, 0.1) is 0 Å². The molecular weight excluding hydrogens is 997 g/mol. The SMILES string of the molecule is CC/C=C\C/C=C\C/C=C\C/C=C\C/C=C\C/C=C\C/C=C\C/C=C\C/C=C\CCCC(=O)OCC(COC(=O)CCCCCCC/C=C\CCCCCCCC)OC(=O)CCCCCCCCCCC/C=C\CCCCCCCC. The normalized spacial score (nSPS) is 13.0. The molecule has 0 fully saturated rings. The Morgan fingerprint density at radius 1 is 0.259 bits per heavy atom. The molecule has 0 aromatic heterocycles. The first-order valence-corrected chi connectivity index (χ1v) is 33.7. The van der Waals surface area contributed by atoms with Crippen molar-refractivity contribution in [2.75, 3.05) is 13.2 Å². The van der Waals surface area contributed by atoms with E-state index in [0.29, 0.717) is 19.3 Å². The Labute approximate surface area is 500 Å². The molecule has 0 aliphatic rings. The van der Waals surface area contributed by atoms with Gasteiger partial charge >= 0.3 is 17.9 Å². The van der Waals surface area contributed by atoms with Crippen molar-refractivity contribution < 1.29 is 28.6 Å². The maximum atomic E-state index is 12.9. The van der Waals surface area contributed by atoms with Gasteiger partial charge in [0.05, 0.1) is 0 Å². The molecule has 1 atom stereocenters. The predicted molar refractivity (Wildman–Crippen MR) is 353 cm³/mol. The van der Waals surface area contributed by atoms with E-state index >= 15 is 0 Å². The average Bonchev–Trinajstić information content (AvgIpc) is 3.47. The van der Waals surface area contributed by atoms with Crippen molar-refractivity contribution >= 4 is 17.9 Å². The summed E-state index contributed by atoms with van der Waals surface area (Å²) in [5.41, 5.74) is 0. The Morgan fingerprint density at radius 3 is 0.815 bits per heavy atom. The van der Waals surface area contributed by atoms with Crippen molar-refractivity contribution in [2.45, 2.75) is 309 Å². The second kappa shape index (κ2) is 68.1. The Kier molecular flexibility index (Phi) is 64.3. The van der Waals surface area contributed by atoms with Gasteiger partial charge in [-0.15, -0.1) is 0 Å². The van der Waals surface area contributed by atoms with E-state index in [4.69, 9.17) is 14.2 Å². The van der Waals surface area contributed by atoms with Gasteiger partial charge in [-0.05, 0) is 135 Å². The van der Waals surface area contributed by atoms with Crippen LogP contribution in [0.2, 0.25) is 0 Å². The molecule has 0 aliphatic heterocycles. The molecule has 0 amide bonds. The summed E-state index contributed by atoms with van der Waals surface area (Å²) in [5, 5.41) is 0. The van der Waals surface area contributed by atoms with Gasteiger partial charge in [-0.2, -0.15) is 0 Å². The second-order valence-electron chi connectivity index (χ2n) is 22.0. The van der Waals surface area contributed by atoms with E-state index < -0.39 is 6.10 Å². The van der Waals surface area contributed by atoms with Gasteiger partial charge in [0, 0.05) is 19.3 Å². The molecule has 0 aliphatic carbocycles. The fourth-order valence-electron chi connectivity index (χ4n) is 9.08. The highest BCUT2D eigenvalue weighted by atomic mass is 16.6. The van der Waals surface area contributed by atoms with Crippen LogP contribution in [0.5, 0.6) is 0 Å². The Bertz CT molecular complexity index is 1720. The standard InChI is InChI=1S/C75H124O6/c1-4-7-10-13-16-19-22-25-28-30-32-33-34-35-36-37-38-39-40-41-43-44-47-50-53-56-59-62-65-68-74(77)80-71-72(70-79-73(76)67-64-61-58-55-52-49-46-27-24-21-18-15-12-9-6-3)81-75(78)69-66-63-60-57-54-51-48-45-42-31-29-26-23-20-17-14-11-8-5-2/h7,10,16,19,25-29,32-33,35-36,38-39,41,43,46-47,50,56,59,72H,4-6,8-9,11-15,17-18,20-24,30-31,34,37,40,42,44-45,48-49,51-55,57-58,60-71H2,1-3H3/b10-7-,19-16-,28-25-,29-26-,33-32-,36-35-,39-38-,43-41-,46-27-,50-47-,59-56-. The van der Waals surface area contributed by atoms with Crippen LogP contribution in [0.3, 0.4) is 0 Å². The molecule has 0 heterocycles. The quantitative estimate of drug-likeness (QED) is 0.0261. The highest BCUT2D eigenvalue weighted by Gasteiger charge is 2.19. The lowest BCUT2D eigenvalue weighted by molar-refractivity contribution is -0.167. The molecule has 0 bridgehead atoms. The number of hydrogen-bond donors (Lipinski definition) is 0. The van der Waals surface area contributed by atoms with Crippen LogP contribution < -0.4 is 0 Å². The van der Waals surface area contributed by atoms with E-state index in [1.165, 1.54) is 141 Å². The molecule has 0 rings (SSSR count). The van der Waals surface area contributed by atoms with Gasteiger partial charge in [0.15, 0.2) is 6.10 Å². The summed E-state index contributed by atoms with van der Waals surface area (Å²) in [6, 6.07) is 0. The van der Waals surface area contributed by atoms with Crippen molar-refractivity contribution in [1.29, 1.82) is 0 Å². The van der Waals surface area contributed by atoms with Gasteiger partial charge in [-0.1, -0.05) is 283 Å². The van der Waals surface area contributed by atoms with Crippen molar-refractivity contribution in [3.8, 4) is 0 Å². The zero-order valence-electron chi connectivity index (χ0n) is 52.8. The van der Waals surface area contributed by atoms with Gasteiger partial charge in [0.1, 0.15) is 13.2 Å². The minimum absolute atomic E-state index is 0.103. The molecule has 81 heavy (non-hydrogen) atoms. The topological polar surface area (TPSA) is 78.9 Å². The third-order valence-corrected chi connectivity index (χ3v) is 14.1. The second-order valence-corrected chi connectivity index (χ2v) is 22.0. The smallest absolute Gasteiger partial charge is 0.306 e. The fraction of sp³-hybridized carbons (Fsp3) is 0.667. The lowest BCUT2D eigenvalue weighted by atomic mass is 10.1. The molecule has 0 radical (unpaired) electrons. The molecule has 1 unspecified atom stereocenters. The highest BCUT2D eigenvalue weighted by Crippen LogP contribution is 2.15. The number of unbranched alkanes of at least 4 members (excludes halogenated alkanes) is 27. The van der Waals surface area contributed by atoms with E-state index in [2.05, 4.69) is 154 Å². The van der Waals surface area contributed by atoms with Gasteiger partial charge < -0.3 is 14.2 Å². The van der Waals surface area contributed by atoms with Crippen LogP contribution in [0.1, 0.15) is 303 Å². The van der Waals surface area contributed by atoms with E-state index in [-0.39, 0.29) is 37.5 Å². The number of ether oxygens (including phenoxy) is 3. The minimum atomic E-state index is -0.812. The average molecular weight is 1120 g/mol. The molecule has 0 saturated heterocycles. The first-order valence-electron chi connectivity index (χ1n) is 33.7. The van der Waals surface area contributed by atoms with E-state index in [1.54, 1.807) is 0 Å². The van der Waals surface area contributed by atoms with Gasteiger partial charge in [-0.3, -0.25) is 14.4 Å². The predicted octanol–water partition coefficient (Wildman–Crippen LogP) is 23.3. The maximum absolute atomic E-state index is 12.9. The van der Waals surface area contributed by atoms with Crippen molar-refractivity contribution in [3.05, 3.63) is 134 Å². The summed E-state index contributed by atoms with van der Waals surface area (Å²) in [5.74, 6) is -0.970. The molecule has 0 aromatic carbocycles. The Morgan fingerprint density at radius 2 is 0.494 bits per heavy atom. The van der Waals surface area contributed by atoms with Crippen LogP contribution in [-0.4, -0.2) is 37.2 Å². The molecule has 460 valence electrons. The molecule has 0 spiro atoms. The number of rotatable bonds is 60. The van der Waals surface area contributed by atoms with Crippen molar-refractivity contribution in [1.82, 2.24) is 0 Å². The number of carbonyl (C=O) groups is 3. The third kappa shape index (κ3) is 66.2. The van der Waals surface area contributed by atoms with E-state index in [9.17, 15) is 14.4 Å². The molecular formula is C75H124O6. The van der Waals surface area contributed by atoms with Gasteiger partial charge in [-0.25, -0.2) is 0 Å². The summed E-state index contributed by atoms with van der Waals surface area (Å²) < 4.78 is 16.9. The van der Waals surface area contributed by atoms with Gasteiger partial charge in [0.25, 0.3) is 0 Å². The maximum Gasteiger partial charge on any atom is 0.306 e. The van der Waals surface area contributed by atoms with Crippen LogP contribution in [-0.2, 0) is 28.6 Å². The molecule has 6 nitrogen and oxygen atoms in total. The minimum Gasteiger partial charge on any atom is -0.462 e. The van der Waals surface area contributed by atoms with Crippen LogP contribution in [0.4, 0.5) is 0 Å². The fourth-order valence-corrected chi connectivity index (χ4v) is 9.08. The summed E-state index contributed by atoms with van der Waals surface area (Å²) in [7, 11) is 0. The number of hydrogen-bond acceptors (Lipinski definition) is 6. The monoisotopic (exact) mass is 1120 g/mol. The van der Waals surface area contributed by atoms with Crippen LogP contribution >= 0.6 is 0 Å². The Hall–Kier alpha value is -4.45. The molecule has 0 saturated carbocycles. The van der Waals surface area contributed by atoms with E-state index in [1.807, 2.05) is 0 Å².